The molecular formula is C27H35FN4OS. The zero-order valence-corrected chi connectivity index (χ0v) is 20.8. The van der Waals surface area contributed by atoms with Crippen LogP contribution in [0.1, 0.15) is 38.2 Å². The summed E-state index contributed by atoms with van der Waals surface area (Å²) in [5.74, 6) is -0.172. The van der Waals surface area contributed by atoms with Crippen LogP contribution in [0.5, 0.6) is 0 Å². The van der Waals surface area contributed by atoms with Crippen molar-refractivity contribution in [2.45, 2.75) is 39.0 Å². The Morgan fingerprint density at radius 2 is 1.82 bits per heavy atom. The molecular weight excluding hydrogens is 447 g/mol. The largest absolute Gasteiger partial charge is 0.368 e. The summed E-state index contributed by atoms with van der Waals surface area (Å²) in [7, 11) is 0. The average Bonchev–Trinajstić information content (AvgIpc) is 3.27. The number of carbonyl (C=O) groups is 1. The maximum absolute atomic E-state index is 13.5. The Morgan fingerprint density at radius 3 is 2.59 bits per heavy atom. The summed E-state index contributed by atoms with van der Waals surface area (Å²) in [6, 6.07) is 13.1. The molecule has 0 unspecified atom stereocenters. The standard InChI is InChI=1S/C27H35FN4OS/c1-2-3-6-21-7-10-23(11-8-21)30-27(33)29-13-4-5-14-31-15-17-32(18-16-31)25-20-34-26-19-22(28)9-12-24(25)26/h7-12,19-20H,2-6,13-18H2,1H3,(H2,29,30,33). The van der Waals surface area contributed by atoms with Gasteiger partial charge in [-0.15, -0.1) is 11.3 Å². The van der Waals surface area contributed by atoms with Gasteiger partial charge in [0.25, 0.3) is 0 Å². The van der Waals surface area contributed by atoms with Gasteiger partial charge in [-0.05, 0) is 68.1 Å². The molecule has 7 heteroatoms. The van der Waals surface area contributed by atoms with Gasteiger partial charge in [-0.1, -0.05) is 25.5 Å². The monoisotopic (exact) mass is 482 g/mol. The second-order valence-electron chi connectivity index (χ2n) is 8.98. The smallest absolute Gasteiger partial charge is 0.319 e. The molecule has 2 heterocycles. The molecule has 2 amide bonds. The number of nitrogens with zero attached hydrogens (tertiary/aromatic N) is 2. The molecule has 4 rings (SSSR count). The lowest BCUT2D eigenvalue weighted by Crippen LogP contribution is -2.46. The molecule has 2 aromatic carbocycles. The van der Waals surface area contributed by atoms with Gasteiger partial charge in [0.2, 0.25) is 0 Å². The summed E-state index contributed by atoms with van der Waals surface area (Å²) in [6.45, 7) is 7.95. The van der Waals surface area contributed by atoms with E-state index in [1.807, 2.05) is 18.2 Å². The molecule has 0 radical (unpaired) electrons. The second kappa shape index (κ2) is 12.2. The van der Waals surface area contributed by atoms with Crippen LogP contribution in [0.2, 0.25) is 0 Å². The highest BCUT2D eigenvalue weighted by Gasteiger charge is 2.19. The summed E-state index contributed by atoms with van der Waals surface area (Å²) in [5, 5.41) is 9.18. The molecule has 0 saturated carbocycles. The molecule has 182 valence electrons. The molecule has 1 aromatic heterocycles. The average molecular weight is 483 g/mol. The topological polar surface area (TPSA) is 47.6 Å². The van der Waals surface area contributed by atoms with E-state index in [1.54, 1.807) is 23.5 Å². The van der Waals surface area contributed by atoms with Crippen LogP contribution in [0, 0.1) is 5.82 Å². The van der Waals surface area contributed by atoms with Crippen LogP contribution in [0.25, 0.3) is 10.1 Å². The Hall–Kier alpha value is -2.64. The van der Waals surface area contributed by atoms with Crippen molar-refractivity contribution in [3.05, 3.63) is 59.2 Å². The predicted octanol–water partition coefficient (Wildman–Crippen LogP) is 6.11. The third kappa shape index (κ3) is 6.70. The lowest BCUT2D eigenvalue weighted by Gasteiger charge is -2.35. The first kappa shape index (κ1) is 24.5. The molecule has 2 N–H and O–H groups in total. The van der Waals surface area contributed by atoms with Crippen LogP contribution in [0.3, 0.4) is 0 Å². The Labute approximate surface area is 205 Å². The van der Waals surface area contributed by atoms with Crippen LogP contribution < -0.4 is 15.5 Å². The predicted molar refractivity (Wildman–Crippen MR) is 142 cm³/mol. The Balaban J connectivity index is 1.10. The van der Waals surface area contributed by atoms with Gasteiger partial charge >= 0.3 is 6.03 Å². The minimum Gasteiger partial charge on any atom is -0.368 e. The van der Waals surface area contributed by atoms with E-state index in [0.29, 0.717) is 6.54 Å². The Kier molecular flexibility index (Phi) is 8.77. The molecule has 3 aromatic rings. The van der Waals surface area contributed by atoms with Gasteiger partial charge in [-0.2, -0.15) is 0 Å². The first-order chi connectivity index (χ1) is 16.6. The maximum atomic E-state index is 13.5. The van der Waals surface area contributed by atoms with Gasteiger partial charge in [-0.25, -0.2) is 9.18 Å². The summed E-state index contributed by atoms with van der Waals surface area (Å²) in [6.07, 6.45) is 5.49. The van der Waals surface area contributed by atoms with Gasteiger partial charge in [0, 0.05) is 53.9 Å². The number of amides is 2. The number of urea groups is 1. The highest BCUT2D eigenvalue weighted by Crippen LogP contribution is 2.34. The fourth-order valence-electron chi connectivity index (χ4n) is 4.42. The normalized spacial score (nSPS) is 14.5. The number of anilines is 2. The van der Waals surface area contributed by atoms with Gasteiger partial charge in [0.05, 0.1) is 5.69 Å². The number of unbranched alkanes of at least 4 members (excludes halogenated alkanes) is 2. The fraction of sp³-hybridized carbons (Fsp3) is 0.444. The van der Waals surface area contributed by atoms with Gasteiger partial charge in [0.15, 0.2) is 0 Å². The van der Waals surface area contributed by atoms with Crippen molar-refractivity contribution in [1.29, 1.82) is 0 Å². The number of fused-ring (bicyclic) bond motifs is 1. The number of hydrogen-bond donors (Lipinski definition) is 2. The molecule has 0 aliphatic carbocycles. The first-order valence-corrected chi connectivity index (χ1v) is 13.3. The van der Waals surface area contributed by atoms with Crippen LogP contribution in [-0.4, -0.2) is 50.2 Å². The minimum atomic E-state index is -0.172. The van der Waals surface area contributed by atoms with Crippen molar-refractivity contribution in [2.75, 3.05) is 49.5 Å². The Bertz CT molecular complexity index is 1060. The van der Waals surface area contributed by atoms with Crippen LogP contribution in [0.4, 0.5) is 20.6 Å². The van der Waals surface area contributed by atoms with Gasteiger partial charge in [-0.3, -0.25) is 4.90 Å². The molecule has 1 aliphatic rings. The molecule has 1 fully saturated rings. The van der Waals surface area contributed by atoms with Crippen LogP contribution >= 0.6 is 11.3 Å². The van der Waals surface area contributed by atoms with Crippen molar-refractivity contribution in [3.8, 4) is 0 Å². The van der Waals surface area contributed by atoms with Crippen molar-refractivity contribution in [2.24, 2.45) is 0 Å². The first-order valence-electron chi connectivity index (χ1n) is 12.4. The summed E-state index contributed by atoms with van der Waals surface area (Å²) in [4.78, 5) is 17.0. The highest BCUT2D eigenvalue weighted by molar-refractivity contribution is 7.17. The van der Waals surface area contributed by atoms with Crippen molar-refractivity contribution >= 4 is 38.8 Å². The van der Waals surface area contributed by atoms with E-state index in [1.165, 1.54) is 24.1 Å². The van der Waals surface area contributed by atoms with E-state index >= 15 is 0 Å². The van der Waals surface area contributed by atoms with Gasteiger partial charge in [0.1, 0.15) is 5.82 Å². The lowest BCUT2D eigenvalue weighted by molar-refractivity contribution is 0.247. The fourth-order valence-corrected chi connectivity index (χ4v) is 5.41. The summed E-state index contributed by atoms with van der Waals surface area (Å²) in [5.41, 5.74) is 3.37. The molecule has 5 nitrogen and oxygen atoms in total. The third-order valence-corrected chi connectivity index (χ3v) is 7.38. The maximum Gasteiger partial charge on any atom is 0.319 e. The zero-order valence-electron chi connectivity index (χ0n) is 20.0. The quantitative estimate of drug-likeness (QED) is 0.343. The molecule has 0 bridgehead atoms. The highest BCUT2D eigenvalue weighted by atomic mass is 32.1. The molecule has 0 spiro atoms. The zero-order chi connectivity index (χ0) is 23.8. The number of rotatable bonds is 10. The summed E-state index contributed by atoms with van der Waals surface area (Å²) >= 11 is 1.61. The van der Waals surface area contributed by atoms with Crippen molar-refractivity contribution < 1.29 is 9.18 Å². The third-order valence-electron chi connectivity index (χ3n) is 6.45. The molecule has 1 aliphatic heterocycles. The van der Waals surface area contributed by atoms with E-state index in [9.17, 15) is 9.18 Å². The number of halogens is 1. The molecule has 1 saturated heterocycles. The number of thiophene rings is 1. The Morgan fingerprint density at radius 1 is 1.03 bits per heavy atom. The van der Waals surface area contributed by atoms with E-state index in [2.05, 4.69) is 44.9 Å². The van der Waals surface area contributed by atoms with E-state index < -0.39 is 0 Å². The van der Waals surface area contributed by atoms with Crippen molar-refractivity contribution in [3.63, 3.8) is 0 Å². The number of benzene rings is 2. The van der Waals surface area contributed by atoms with Crippen LogP contribution in [0.15, 0.2) is 47.8 Å². The minimum absolute atomic E-state index is 0.141. The summed E-state index contributed by atoms with van der Waals surface area (Å²) < 4.78 is 14.5. The lowest BCUT2D eigenvalue weighted by atomic mass is 10.1. The van der Waals surface area contributed by atoms with Gasteiger partial charge < -0.3 is 15.5 Å². The molecule has 34 heavy (non-hydrogen) atoms. The van der Waals surface area contributed by atoms with E-state index in [4.69, 9.17) is 0 Å². The van der Waals surface area contributed by atoms with Crippen molar-refractivity contribution in [1.82, 2.24) is 10.2 Å². The number of hydrogen-bond acceptors (Lipinski definition) is 4. The number of nitrogens with one attached hydrogen (secondary N) is 2. The van der Waals surface area contributed by atoms with E-state index in [0.717, 1.165) is 67.8 Å². The SMILES string of the molecule is CCCCc1ccc(NC(=O)NCCCCN2CCN(c3csc4cc(F)ccc34)CC2)cc1. The number of aryl methyl sites for hydroxylation is 1. The number of piperazine rings is 1. The molecule has 0 atom stereocenters. The number of carbonyl (C=O) groups excluding carboxylic acids is 1. The van der Waals surface area contributed by atoms with E-state index in [-0.39, 0.29) is 11.8 Å². The second-order valence-corrected chi connectivity index (χ2v) is 9.89. The van der Waals surface area contributed by atoms with Crippen LogP contribution in [-0.2, 0) is 6.42 Å².